The zero-order valence-electron chi connectivity index (χ0n) is 15.7. The molecule has 0 aromatic carbocycles. The van der Waals surface area contributed by atoms with Gasteiger partial charge in [0.15, 0.2) is 12.6 Å². The molecule has 0 amide bonds. The number of thiol groups is 2. The maximum absolute atomic E-state index is 11.4. The molecule has 6 nitrogen and oxygen atoms in total. The zero-order valence-corrected chi connectivity index (χ0v) is 17.5. The van der Waals surface area contributed by atoms with Crippen LogP contribution < -0.4 is 0 Å². The standard InChI is InChI=1S/C18H32O6S2/c1-13(23-17(19)7-9-25)21-11-15-3-5-16(6-4-15)12-22-14(2)24-18(20)8-10-26/h13-16,25-26H,3-12H2,1-2H3. The number of carbonyl (C=O) groups is 2. The predicted octanol–water partition coefficient (Wildman–Crippen LogP) is 3.24. The van der Waals surface area contributed by atoms with Gasteiger partial charge in [-0.1, -0.05) is 0 Å². The summed E-state index contributed by atoms with van der Waals surface area (Å²) >= 11 is 8.00. The van der Waals surface area contributed by atoms with Crippen molar-refractivity contribution in [3.8, 4) is 0 Å². The summed E-state index contributed by atoms with van der Waals surface area (Å²) in [5.41, 5.74) is 0. The van der Waals surface area contributed by atoms with Crippen molar-refractivity contribution < 1.29 is 28.5 Å². The van der Waals surface area contributed by atoms with Gasteiger partial charge in [0.25, 0.3) is 0 Å². The lowest BCUT2D eigenvalue weighted by Gasteiger charge is -2.29. The topological polar surface area (TPSA) is 71.1 Å². The highest BCUT2D eigenvalue weighted by Gasteiger charge is 2.23. The number of rotatable bonds is 12. The van der Waals surface area contributed by atoms with Gasteiger partial charge in [-0.3, -0.25) is 9.59 Å². The van der Waals surface area contributed by atoms with Crippen molar-refractivity contribution in [3.05, 3.63) is 0 Å². The maximum atomic E-state index is 11.4. The molecule has 1 aliphatic carbocycles. The quantitative estimate of drug-likeness (QED) is 0.293. The van der Waals surface area contributed by atoms with Gasteiger partial charge >= 0.3 is 11.9 Å². The van der Waals surface area contributed by atoms with Crippen LogP contribution in [0.15, 0.2) is 0 Å². The molecular weight excluding hydrogens is 376 g/mol. The average molecular weight is 409 g/mol. The van der Waals surface area contributed by atoms with Gasteiger partial charge in [-0.15, -0.1) is 0 Å². The summed E-state index contributed by atoms with van der Waals surface area (Å²) in [5.74, 6) is 1.34. The monoisotopic (exact) mass is 408 g/mol. The number of hydrogen-bond acceptors (Lipinski definition) is 8. The molecule has 26 heavy (non-hydrogen) atoms. The Hall–Kier alpha value is -0.440. The van der Waals surface area contributed by atoms with Gasteiger partial charge in [-0.05, 0) is 51.4 Å². The normalized spacial score (nSPS) is 22.5. The van der Waals surface area contributed by atoms with Gasteiger partial charge in [0.1, 0.15) is 0 Å². The fourth-order valence-corrected chi connectivity index (χ4v) is 3.21. The van der Waals surface area contributed by atoms with Crippen LogP contribution >= 0.6 is 25.3 Å². The first-order valence-electron chi connectivity index (χ1n) is 9.28. The van der Waals surface area contributed by atoms with Gasteiger partial charge in [-0.2, -0.15) is 25.3 Å². The molecule has 152 valence electrons. The van der Waals surface area contributed by atoms with E-state index < -0.39 is 12.6 Å². The van der Waals surface area contributed by atoms with E-state index in [1.165, 1.54) is 0 Å². The van der Waals surface area contributed by atoms with Crippen LogP contribution in [0.25, 0.3) is 0 Å². The second kappa shape index (κ2) is 13.7. The molecule has 1 aliphatic rings. The highest BCUT2D eigenvalue weighted by Crippen LogP contribution is 2.29. The molecule has 0 bridgehead atoms. The number of ether oxygens (including phenoxy) is 4. The fourth-order valence-electron chi connectivity index (χ4n) is 2.85. The van der Waals surface area contributed by atoms with Crippen LogP contribution in [0.3, 0.4) is 0 Å². The Kier molecular flexibility index (Phi) is 12.4. The molecule has 0 radical (unpaired) electrons. The van der Waals surface area contributed by atoms with Gasteiger partial charge < -0.3 is 18.9 Å². The summed E-state index contributed by atoms with van der Waals surface area (Å²) in [7, 11) is 0. The minimum absolute atomic E-state index is 0.280. The van der Waals surface area contributed by atoms with Gasteiger partial charge in [0.05, 0.1) is 26.1 Å². The minimum atomic E-state index is -0.517. The van der Waals surface area contributed by atoms with Crippen molar-refractivity contribution in [1.29, 1.82) is 0 Å². The Morgan fingerprint density at radius 2 is 1.15 bits per heavy atom. The Morgan fingerprint density at radius 3 is 1.46 bits per heavy atom. The van der Waals surface area contributed by atoms with Crippen LogP contribution in [-0.4, -0.2) is 49.2 Å². The lowest BCUT2D eigenvalue weighted by molar-refractivity contribution is -0.180. The minimum Gasteiger partial charge on any atom is -0.436 e. The smallest absolute Gasteiger partial charge is 0.308 e. The third-order valence-corrected chi connectivity index (χ3v) is 4.77. The van der Waals surface area contributed by atoms with E-state index in [9.17, 15) is 9.59 Å². The first kappa shape index (κ1) is 23.6. The molecule has 0 aromatic heterocycles. The second-order valence-corrected chi connectivity index (χ2v) is 7.51. The number of carbonyl (C=O) groups excluding carboxylic acids is 2. The molecule has 1 rings (SSSR count). The van der Waals surface area contributed by atoms with Crippen LogP contribution in [0.1, 0.15) is 52.4 Å². The van der Waals surface area contributed by atoms with Crippen molar-refractivity contribution in [2.24, 2.45) is 11.8 Å². The highest BCUT2D eigenvalue weighted by molar-refractivity contribution is 7.80. The lowest BCUT2D eigenvalue weighted by atomic mass is 9.83. The molecule has 0 aromatic rings. The van der Waals surface area contributed by atoms with Crippen molar-refractivity contribution in [1.82, 2.24) is 0 Å². The van der Waals surface area contributed by atoms with E-state index in [0.29, 0.717) is 49.4 Å². The molecule has 8 heteroatoms. The van der Waals surface area contributed by atoms with Crippen molar-refractivity contribution in [2.75, 3.05) is 24.7 Å². The van der Waals surface area contributed by atoms with Crippen LogP contribution in [0.2, 0.25) is 0 Å². The molecule has 1 fully saturated rings. The third kappa shape index (κ3) is 10.6. The third-order valence-electron chi connectivity index (χ3n) is 4.33. The van der Waals surface area contributed by atoms with E-state index in [2.05, 4.69) is 25.3 Å². The highest BCUT2D eigenvalue weighted by atomic mass is 32.1. The Bertz CT molecular complexity index is 374. The summed E-state index contributed by atoms with van der Waals surface area (Å²) in [6.45, 7) is 4.68. The molecule has 0 spiro atoms. The van der Waals surface area contributed by atoms with Crippen molar-refractivity contribution >= 4 is 37.2 Å². The average Bonchev–Trinajstić information content (AvgIpc) is 2.59. The number of hydrogen-bond donors (Lipinski definition) is 2. The van der Waals surface area contributed by atoms with Crippen molar-refractivity contribution in [3.63, 3.8) is 0 Å². The lowest BCUT2D eigenvalue weighted by Crippen LogP contribution is -2.27. The zero-order chi connectivity index (χ0) is 19.4. The summed E-state index contributed by atoms with van der Waals surface area (Å²) < 4.78 is 21.6. The first-order valence-corrected chi connectivity index (χ1v) is 10.5. The van der Waals surface area contributed by atoms with E-state index in [-0.39, 0.29) is 11.9 Å². The summed E-state index contributed by atoms with van der Waals surface area (Å²) in [6, 6.07) is 0. The Morgan fingerprint density at radius 1 is 0.808 bits per heavy atom. The van der Waals surface area contributed by atoms with E-state index in [0.717, 1.165) is 25.7 Å². The fraction of sp³-hybridized carbons (Fsp3) is 0.889. The van der Waals surface area contributed by atoms with E-state index in [1.54, 1.807) is 13.8 Å². The molecular formula is C18H32O6S2. The van der Waals surface area contributed by atoms with Crippen LogP contribution in [0, 0.1) is 11.8 Å². The summed E-state index contributed by atoms with van der Waals surface area (Å²) in [4.78, 5) is 22.8. The maximum Gasteiger partial charge on any atom is 0.308 e. The summed E-state index contributed by atoms with van der Waals surface area (Å²) in [5, 5.41) is 0. The summed E-state index contributed by atoms with van der Waals surface area (Å²) in [6.07, 6.45) is 3.78. The molecule has 2 unspecified atom stereocenters. The molecule has 0 N–H and O–H groups in total. The Balaban J connectivity index is 2.12. The predicted molar refractivity (Wildman–Crippen MR) is 105 cm³/mol. The van der Waals surface area contributed by atoms with Gasteiger partial charge in [0.2, 0.25) is 0 Å². The van der Waals surface area contributed by atoms with E-state index in [4.69, 9.17) is 18.9 Å². The van der Waals surface area contributed by atoms with Gasteiger partial charge in [-0.25, -0.2) is 0 Å². The SMILES string of the molecule is CC(OCC1CCC(COC(C)OC(=O)CCS)CC1)OC(=O)CCS. The molecule has 0 heterocycles. The molecule has 1 saturated carbocycles. The second-order valence-electron chi connectivity index (χ2n) is 6.62. The number of esters is 2. The van der Waals surface area contributed by atoms with Crippen LogP contribution in [0.4, 0.5) is 0 Å². The van der Waals surface area contributed by atoms with E-state index >= 15 is 0 Å². The van der Waals surface area contributed by atoms with Crippen LogP contribution in [-0.2, 0) is 28.5 Å². The first-order chi connectivity index (χ1) is 12.4. The Labute approximate surface area is 167 Å². The largest absolute Gasteiger partial charge is 0.436 e. The molecule has 2 atom stereocenters. The van der Waals surface area contributed by atoms with Crippen LogP contribution in [0.5, 0.6) is 0 Å². The molecule has 0 saturated heterocycles. The van der Waals surface area contributed by atoms with Gasteiger partial charge in [0, 0.05) is 11.5 Å². The van der Waals surface area contributed by atoms with Crippen molar-refractivity contribution in [2.45, 2.75) is 65.0 Å². The molecule has 0 aliphatic heterocycles. The van der Waals surface area contributed by atoms with E-state index in [1.807, 2.05) is 0 Å².